The van der Waals surface area contributed by atoms with Crippen LogP contribution in [0.1, 0.15) is 24.6 Å². The van der Waals surface area contributed by atoms with Crippen LogP contribution in [0.2, 0.25) is 0 Å². The molecule has 0 bridgehead atoms. The highest BCUT2D eigenvalue weighted by Crippen LogP contribution is 2.23. The summed E-state index contributed by atoms with van der Waals surface area (Å²) in [6.45, 7) is 2.13. The van der Waals surface area contributed by atoms with E-state index in [1.165, 1.54) is 0 Å². The van der Waals surface area contributed by atoms with Crippen LogP contribution in [-0.2, 0) is 0 Å². The van der Waals surface area contributed by atoms with Crippen LogP contribution in [0, 0.1) is 0 Å². The second-order valence-electron chi connectivity index (χ2n) is 4.30. The molecule has 0 aromatic carbocycles. The largest absolute Gasteiger partial charge is 0.317 e. The molecule has 0 amide bonds. The number of nitrogens with zero attached hydrogens (tertiary/aromatic N) is 3. The monoisotopic (exact) mass is 229 g/mol. The Bertz CT molecular complexity index is 473. The summed E-state index contributed by atoms with van der Waals surface area (Å²) in [6, 6.07) is 3.85. The third-order valence-corrected chi connectivity index (χ3v) is 3.17. The van der Waals surface area contributed by atoms with Crippen LogP contribution in [0.15, 0.2) is 24.5 Å². The Labute approximate surface area is 99.7 Å². The summed E-state index contributed by atoms with van der Waals surface area (Å²) in [5.41, 5.74) is 1.01. The summed E-state index contributed by atoms with van der Waals surface area (Å²) >= 11 is 0. The molecular weight excluding hydrogens is 214 g/mol. The number of hydrogen-bond donors (Lipinski definition) is 2. The fraction of sp³-hybridized carbons (Fsp3) is 0.417. The normalized spacial score (nSPS) is 17.2. The number of H-pyrrole nitrogens is 1. The summed E-state index contributed by atoms with van der Waals surface area (Å²) in [5, 5.41) is 10.7. The van der Waals surface area contributed by atoms with Gasteiger partial charge in [0.15, 0.2) is 5.82 Å². The van der Waals surface area contributed by atoms with Crippen LogP contribution in [0.25, 0.3) is 11.4 Å². The minimum atomic E-state index is 0.513. The van der Waals surface area contributed by atoms with Crippen molar-refractivity contribution in [2.24, 2.45) is 0 Å². The number of piperidine rings is 1. The first-order valence-electron chi connectivity index (χ1n) is 5.97. The fourth-order valence-corrected chi connectivity index (χ4v) is 2.18. The average molecular weight is 229 g/mol. The number of aromatic amines is 1. The molecule has 2 aromatic rings. The lowest BCUT2D eigenvalue weighted by Gasteiger charge is -2.19. The summed E-state index contributed by atoms with van der Waals surface area (Å²) in [4.78, 5) is 8.58. The molecule has 0 radical (unpaired) electrons. The van der Waals surface area contributed by atoms with Crippen molar-refractivity contribution in [3.05, 3.63) is 30.4 Å². The maximum Gasteiger partial charge on any atom is 0.181 e. The van der Waals surface area contributed by atoms with E-state index in [2.05, 4.69) is 25.5 Å². The zero-order chi connectivity index (χ0) is 11.5. The van der Waals surface area contributed by atoms with Gasteiger partial charge in [0.1, 0.15) is 5.82 Å². The Balaban J connectivity index is 1.83. The number of hydrogen-bond acceptors (Lipinski definition) is 4. The lowest BCUT2D eigenvalue weighted by Crippen LogP contribution is -2.27. The zero-order valence-corrected chi connectivity index (χ0v) is 9.56. The van der Waals surface area contributed by atoms with Gasteiger partial charge in [0.2, 0.25) is 0 Å². The van der Waals surface area contributed by atoms with Gasteiger partial charge in [0, 0.05) is 23.9 Å². The smallest absolute Gasteiger partial charge is 0.181 e. The molecule has 1 aliphatic heterocycles. The van der Waals surface area contributed by atoms with Gasteiger partial charge in [0.25, 0.3) is 0 Å². The van der Waals surface area contributed by atoms with Crippen molar-refractivity contribution in [3.8, 4) is 11.4 Å². The maximum atomic E-state index is 4.58. The van der Waals surface area contributed by atoms with Gasteiger partial charge >= 0.3 is 0 Å². The molecule has 0 spiro atoms. The molecule has 5 heteroatoms. The minimum Gasteiger partial charge on any atom is -0.317 e. The van der Waals surface area contributed by atoms with E-state index in [1.807, 2.05) is 12.1 Å². The van der Waals surface area contributed by atoms with Gasteiger partial charge in [-0.25, -0.2) is 4.98 Å². The Kier molecular flexibility index (Phi) is 2.83. The van der Waals surface area contributed by atoms with E-state index >= 15 is 0 Å². The van der Waals surface area contributed by atoms with Gasteiger partial charge in [-0.15, -0.1) is 0 Å². The zero-order valence-electron chi connectivity index (χ0n) is 9.56. The lowest BCUT2D eigenvalue weighted by atomic mass is 9.98. The maximum absolute atomic E-state index is 4.58. The molecule has 88 valence electrons. The van der Waals surface area contributed by atoms with Crippen LogP contribution in [0.3, 0.4) is 0 Å². The van der Waals surface area contributed by atoms with Crippen LogP contribution in [0.5, 0.6) is 0 Å². The minimum absolute atomic E-state index is 0.513. The molecule has 3 rings (SSSR count). The molecule has 17 heavy (non-hydrogen) atoms. The molecule has 0 saturated carbocycles. The molecule has 1 aliphatic rings. The molecular formula is C12H15N5. The number of nitrogens with one attached hydrogen (secondary N) is 2. The van der Waals surface area contributed by atoms with E-state index in [0.717, 1.165) is 43.1 Å². The fourth-order valence-electron chi connectivity index (χ4n) is 2.18. The van der Waals surface area contributed by atoms with Crippen molar-refractivity contribution < 1.29 is 0 Å². The molecule has 5 nitrogen and oxygen atoms in total. The number of aromatic nitrogens is 4. The van der Waals surface area contributed by atoms with Gasteiger partial charge in [-0.05, 0) is 38.1 Å². The first-order chi connectivity index (χ1) is 8.43. The number of rotatable bonds is 2. The molecule has 0 aliphatic carbocycles. The lowest BCUT2D eigenvalue weighted by molar-refractivity contribution is 0.446. The molecule has 1 saturated heterocycles. The quantitative estimate of drug-likeness (QED) is 0.815. The van der Waals surface area contributed by atoms with Gasteiger partial charge < -0.3 is 5.32 Å². The molecule has 3 heterocycles. The van der Waals surface area contributed by atoms with E-state index < -0.39 is 0 Å². The van der Waals surface area contributed by atoms with Crippen LogP contribution in [0.4, 0.5) is 0 Å². The predicted octanol–water partition coefficient (Wildman–Crippen LogP) is 1.33. The third kappa shape index (κ3) is 2.19. The second-order valence-corrected chi connectivity index (χ2v) is 4.30. The first kappa shape index (κ1) is 10.4. The van der Waals surface area contributed by atoms with Crippen molar-refractivity contribution in [2.75, 3.05) is 13.1 Å². The highest BCUT2D eigenvalue weighted by Gasteiger charge is 2.19. The predicted molar refractivity (Wildman–Crippen MR) is 64.5 cm³/mol. The summed E-state index contributed by atoms with van der Waals surface area (Å²) in [6.07, 6.45) is 5.78. The molecule has 2 N–H and O–H groups in total. The van der Waals surface area contributed by atoms with E-state index in [9.17, 15) is 0 Å². The second kappa shape index (κ2) is 4.63. The Morgan fingerprint density at radius 3 is 2.65 bits per heavy atom. The van der Waals surface area contributed by atoms with Crippen molar-refractivity contribution in [1.29, 1.82) is 0 Å². The summed E-state index contributed by atoms with van der Waals surface area (Å²) in [5.74, 6) is 2.29. The highest BCUT2D eigenvalue weighted by molar-refractivity contribution is 5.53. The van der Waals surface area contributed by atoms with Gasteiger partial charge in [-0.3, -0.25) is 10.1 Å². The molecule has 0 unspecified atom stereocenters. The highest BCUT2D eigenvalue weighted by atomic mass is 15.2. The molecule has 2 aromatic heterocycles. The Morgan fingerprint density at radius 2 is 1.88 bits per heavy atom. The Morgan fingerprint density at radius 1 is 1.12 bits per heavy atom. The van der Waals surface area contributed by atoms with Crippen molar-refractivity contribution in [1.82, 2.24) is 25.5 Å². The SMILES string of the molecule is c1cc(-c2n[nH]c(C3CCNCC3)n2)ccn1. The first-order valence-corrected chi connectivity index (χ1v) is 5.97. The van der Waals surface area contributed by atoms with Crippen molar-refractivity contribution >= 4 is 0 Å². The molecule has 0 atom stereocenters. The van der Waals surface area contributed by atoms with Crippen molar-refractivity contribution in [3.63, 3.8) is 0 Å². The Hall–Kier alpha value is -1.75. The third-order valence-electron chi connectivity index (χ3n) is 3.17. The van der Waals surface area contributed by atoms with E-state index in [4.69, 9.17) is 0 Å². The van der Waals surface area contributed by atoms with Crippen LogP contribution in [-0.4, -0.2) is 33.3 Å². The van der Waals surface area contributed by atoms with Gasteiger partial charge in [0.05, 0.1) is 0 Å². The van der Waals surface area contributed by atoms with E-state index in [0.29, 0.717) is 5.92 Å². The average Bonchev–Trinajstić information content (AvgIpc) is 2.90. The van der Waals surface area contributed by atoms with E-state index in [-0.39, 0.29) is 0 Å². The summed E-state index contributed by atoms with van der Waals surface area (Å²) < 4.78 is 0. The standard InChI is InChI=1S/C12H15N5/c1-5-13-6-2-9(1)11-15-12(17-16-11)10-3-7-14-8-4-10/h1-2,5-6,10,14H,3-4,7-8H2,(H,15,16,17). The van der Waals surface area contributed by atoms with Crippen LogP contribution >= 0.6 is 0 Å². The number of pyridine rings is 1. The van der Waals surface area contributed by atoms with Crippen LogP contribution < -0.4 is 5.32 Å². The van der Waals surface area contributed by atoms with Crippen molar-refractivity contribution in [2.45, 2.75) is 18.8 Å². The van der Waals surface area contributed by atoms with E-state index in [1.54, 1.807) is 12.4 Å². The topological polar surface area (TPSA) is 66.5 Å². The van der Waals surface area contributed by atoms with Gasteiger partial charge in [-0.1, -0.05) is 0 Å². The summed E-state index contributed by atoms with van der Waals surface area (Å²) in [7, 11) is 0. The van der Waals surface area contributed by atoms with Gasteiger partial charge in [-0.2, -0.15) is 5.10 Å². The molecule has 1 fully saturated rings.